The molecule has 0 unspecified atom stereocenters. The van der Waals surface area contributed by atoms with E-state index >= 15 is 0 Å². The Morgan fingerprint density at radius 1 is 1.14 bits per heavy atom. The maximum atomic E-state index is 13.3. The van der Waals surface area contributed by atoms with E-state index < -0.39 is 10.0 Å². The number of benzene rings is 1. The largest absolute Gasteiger partial charge is 0.327 e. The number of pyridine rings is 1. The molecule has 0 amide bonds. The van der Waals surface area contributed by atoms with Crippen molar-refractivity contribution in [2.45, 2.75) is 51.5 Å². The second-order valence-corrected chi connectivity index (χ2v) is 9.54. The van der Waals surface area contributed by atoms with Crippen LogP contribution in [0.5, 0.6) is 0 Å². The van der Waals surface area contributed by atoms with Crippen molar-refractivity contribution in [2.75, 3.05) is 13.1 Å². The molecule has 1 atom stereocenters. The molecule has 0 radical (unpaired) electrons. The van der Waals surface area contributed by atoms with Gasteiger partial charge in [0.15, 0.2) is 0 Å². The van der Waals surface area contributed by atoms with Gasteiger partial charge in [-0.25, -0.2) is 13.4 Å². The molecule has 1 aromatic carbocycles. The fraction of sp³-hybridized carbons (Fsp3) is 0.429. The van der Waals surface area contributed by atoms with Crippen molar-refractivity contribution in [1.29, 1.82) is 0 Å². The molecular weight excluding hydrogens is 372 g/mol. The van der Waals surface area contributed by atoms with Gasteiger partial charge in [-0.2, -0.15) is 4.31 Å². The van der Waals surface area contributed by atoms with Crippen LogP contribution in [0.25, 0.3) is 11.0 Å². The Kier molecular flexibility index (Phi) is 4.75. The van der Waals surface area contributed by atoms with E-state index in [4.69, 9.17) is 4.98 Å². The van der Waals surface area contributed by atoms with Crippen LogP contribution >= 0.6 is 0 Å². The zero-order valence-corrected chi connectivity index (χ0v) is 17.6. The third kappa shape index (κ3) is 3.02. The predicted octanol–water partition coefficient (Wildman–Crippen LogP) is 3.55. The average molecular weight is 399 g/mol. The molecule has 7 heteroatoms. The van der Waals surface area contributed by atoms with E-state index in [9.17, 15) is 8.42 Å². The number of rotatable bonds is 4. The smallest absolute Gasteiger partial charge is 0.243 e. The third-order valence-electron chi connectivity index (χ3n) is 5.82. The number of hydrogen-bond donors (Lipinski definition) is 0. The summed E-state index contributed by atoms with van der Waals surface area (Å²) >= 11 is 0. The first kappa shape index (κ1) is 19.1. The van der Waals surface area contributed by atoms with Gasteiger partial charge in [-0.15, -0.1) is 0 Å². The maximum absolute atomic E-state index is 13.3. The van der Waals surface area contributed by atoms with Gasteiger partial charge in [0.2, 0.25) is 10.0 Å². The van der Waals surface area contributed by atoms with Crippen LogP contribution in [0.4, 0.5) is 0 Å². The molecule has 0 aliphatic carbocycles. The van der Waals surface area contributed by atoms with Crippen LogP contribution in [0.1, 0.15) is 41.8 Å². The number of nitrogens with zero attached hydrogens (tertiary/aromatic N) is 4. The van der Waals surface area contributed by atoms with Crippen molar-refractivity contribution < 1.29 is 8.42 Å². The summed E-state index contributed by atoms with van der Waals surface area (Å²) in [5.74, 6) is 1.05. The first-order chi connectivity index (χ1) is 13.3. The molecule has 2 aromatic heterocycles. The summed E-state index contributed by atoms with van der Waals surface area (Å²) in [7, 11) is -3.52. The van der Waals surface area contributed by atoms with E-state index in [1.54, 1.807) is 16.6 Å². The Labute approximate surface area is 166 Å². The molecule has 1 fully saturated rings. The molecule has 1 aliphatic rings. The Bertz CT molecular complexity index is 1150. The summed E-state index contributed by atoms with van der Waals surface area (Å²) in [6.45, 7) is 9.69. The fourth-order valence-electron chi connectivity index (χ4n) is 4.14. The molecule has 0 bridgehead atoms. The second kappa shape index (κ2) is 6.97. The second-order valence-electron chi connectivity index (χ2n) is 7.63. The van der Waals surface area contributed by atoms with Gasteiger partial charge in [0, 0.05) is 31.7 Å². The van der Waals surface area contributed by atoms with E-state index in [0.29, 0.717) is 18.0 Å². The first-order valence-electron chi connectivity index (χ1n) is 9.71. The maximum Gasteiger partial charge on any atom is 0.243 e. The Morgan fingerprint density at radius 3 is 2.64 bits per heavy atom. The van der Waals surface area contributed by atoms with Gasteiger partial charge in [-0.3, -0.25) is 4.98 Å². The van der Waals surface area contributed by atoms with Crippen LogP contribution in [0, 0.1) is 20.8 Å². The third-order valence-corrected chi connectivity index (χ3v) is 7.83. The molecule has 1 saturated heterocycles. The first-order valence-corrected chi connectivity index (χ1v) is 11.1. The molecule has 0 spiro atoms. The number of fused-ring (bicyclic) bond motifs is 1. The molecular formula is C21H26N4O2S. The van der Waals surface area contributed by atoms with Gasteiger partial charge in [0.05, 0.1) is 22.1 Å². The fourth-order valence-corrected chi connectivity index (χ4v) is 5.93. The Balaban J connectivity index is 1.67. The molecule has 4 rings (SSSR count). The summed E-state index contributed by atoms with van der Waals surface area (Å²) in [5.41, 5.74) is 4.84. The zero-order chi connectivity index (χ0) is 20.1. The number of hydrogen-bond acceptors (Lipinski definition) is 4. The lowest BCUT2D eigenvalue weighted by atomic mass is 10.1. The summed E-state index contributed by atoms with van der Waals surface area (Å²) in [4.78, 5) is 9.43. The van der Waals surface area contributed by atoms with Gasteiger partial charge in [0.1, 0.15) is 5.82 Å². The average Bonchev–Trinajstić information content (AvgIpc) is 3.29. The molecule has 28 heavy (non-hydrogen) atoms. The minimum Gasteiger partial charge on any atom is -0.327 e. The number of aryl methyl sites for hydroxylation is 4. The highest BCUT2D eigenvalue weighted by molar-refractivity contribution is 7.89. The quantitative estimate of drug-likeness (QED) is 0.674. The van der Waals surface area contributed by atoms with Gasteiger partial charge >= 0.3 is 0 Å². The standard InChI is InChI=1S/C21H26N4O2S/c1-5-25-19-12-22-8-6-18(19)23-21(25)17-7-9-24(13-17)28(26,27)20-11-15(3)14(2)10-16(20)4/h6,8,10-12,17H,5,7,9,13H2,1-4H3/t17-/m1/s1. The van der Waals surface area contributed by atoms with Crippen LogP contribution in [0.15, 0.2) is 35.5 Å². The van der Waals surface area contributed by atoms with Crippen LogP contribution in [-0.4, -0.2) is 40.3 Å². The predicted molar refractivity (Wildman–Crippen MR) is 110 cm³/mol. The van der Waals surface area contributed by atoms with E-state index in [0.717, 1.165) is 46.5 Å². The van der Waals surface area contributed by atoms with Crippen molar-refractivity contribution in [2.24, 2.45) is 0 Å². The summed E-state index contributed by atoms with van der Waals surface area (Å²) in [5, 5.41) is 0. The van der Waals surface area contributed by atoms with Crippen molar-refractivity contribution in [3.63, 3.8) is 0 Å². The molecule has 1 aliphatic heterocycles. The lowest BCUT2D eigenvalue weighted by Gasteiger charge is -2.19. The monoisotopic (exact) mass is 398 g/mol. The van der Waals surface area contributed by atoms with Crippen LogP contribution in [-0.2, 0) is 16.6 Å². The van der Waals surface area contributed by atoms with Crippen LogP contribution in [0.2, 0.25) is 0 Å². The van der Waals surface area contributed by atoms with Crippen molar-refractivity contribution in [1.82, 2.24) is 18.8 Å². The van der Waals surface area contributed by atoms with Crippen molar-refractivity contribution >= 4 is 21.1 Å². The van der Waals surface area contributed by atoms with Crippen LogP contribution < -0.4 is 0 Å². The van der Waals surface area contributed by atoms with Crippen LogP contribution in [0.3, 0.4) is 0 Å². The highest BCUT2D eigenvalue weighted by Crippen LogP contribution is 2.33. The van der Waals surface area contributed by atoms with E-state index in [-0.39, 0.29) is 5.92 Å². The Hall–Kier alpha value is -2.25. The van der Waals surface area contributed by atoms with Gasteiger partial charge < -0.3 is 4.57 Å². The zero-order valence-electron chi connectivity index (χ0n) is 16.8. The van der Waals surface area contributed by atoms with Gasteiger partial charge in [-0.05, 0) is 62.9 Å². The molecule has 0 saturated carbocycles. The number of imidazole rings is 1. The molecule has 3 heterocycles. The van der Waals surface area contributed by atoms with Gasteiger partial charge in [0.25, 0.3) is 0 Å². The summed E-state index contributed by atoms with van der Waals surface area (Å²) in [6, 6.07) is 5.67. The molecule has 0 N–H and O–H groups in total. The van der Waals surface area contributed by atoms with E-state index in [1.807, 2.05) is 39.1 Å². The SMILES string of the molecule is CCn1c([C@@H]2CCN(S(=O)(=O)c3cc(C)c(C)cc3C)C2)nc2ccncc21. The van der Waals surface area contributed by atoms with Crippen molar-refractivity contribution in [3.8, 4) is 0 Å². The van der Waals surface area contributed by atoms with E-state index in [1.165, 1.54) is 0 Å². The summed E-state index contributed by atoms with van der Waals surface area (Å²) in [6.07, 6.45) is 4.35. The molecule has 6 nitrogen and oxygen atoms in total. The van der Waals surface area contributed by atoms with E-state index in [2.05, 4.69) is 16.5 Å². The lowest BCUT2D eigenvalue weighted by molar-refractivity contribution is 0.469. The highest BCUT2D eigenvalue weighted by atomic mass is 32.2. The molecule has 3 aromatic rings. The normalized spacial score (nSPS) is 18.2. The van der Waals surface area contributed by atoms with Gasteiger partial charge in [-0.1, -0.05) is 6.07 Å². The number of aromatic nitrogens is 3. The highest BCUT2D eigenvalue weighted by Gasteiger charge is 2.36. The lowest BCUT2D eigenvalue weighted by Crippen LogP contribution is -2.29. The summed E-state index contributed by atoms with van der Waals surface area (Å²) < 4.78 is 30.4. The molecule has 148 valence electrons. The minimum atomic E-state index is -3.52. The Morgan fingerprint density at radius 2 is 1.89 bits per heavy atom. The number of sulfonamides is 1. The topological polar surface area (TPSA) is 68.1 Å². The minimum absolute atomic E-state index is 0.0916. The van der Waals surface area contributed by atoms with Crippen molar-refractivity contribution in [3.05, 3.63) is 53.1 Å².